The lowest BCUT2D eigenvalue weighted by Gasteiger charge is -2.27. The highest BCUT2D eigenvalue weighted by Gasteiger charge is 2.29. The number of aliphatic carboxylic acids is 1. The molecule has 0 saturated heterocycles. The first-order valence-electron chi connectivity index (χ1n) is 5.99. The zero-order chi connectivity index (χ0) is 15.6. The van der Waals surface area contributed by atoms with Gasteiger partial charge in [-0.25, -0.2) is 8.42 Å². The van der Waals surface area contributed by atoms with Gasteiger partial charge in [0.1, 0.15) is 6.54 Å². The highest BCUT2D eigenvalue weighted by molar-refractivity contribution is 7.92. The van der Waals surface area contributed by atoms with E-state index in [1.54, 1.807) is 20.8 Å². The molecule has 1 aromatic carbocycles. The molecule has 0 unspecified atom stereocenters. The van der Waals surface area contributed by atoms with E-state index >= 15 is 0 Å². The Kier molecular flexibility index (Phi) is 5.05. The summed E-state index contributed by atoms with van der Waals surface area (Å²) >= 11 is 5.76. The molecule has 1 aromatic rings. The van der Waals surface area contributed by atoms with Crippen LogP contribution in [-0.2, 0) is 14.8 Å². The summed E-state index contributed by atoms with van der Waals surface area (Å²) in [5.74, 6) is -1.35. The predicted molar refractivity (Wildman–Crippen MR) is 79.7 cm³/mol. The zero-order valence-electron chi connectivity index (χ0n) is 11.6. The van der Waals surface area contributed by atoms with Crippen molar-refractivity contribution in [3.05, 3.63) is 29.3 Å². The molecule has 0 aliphatic carbocycles. The van der Waals surface area contributed by atoms with E-state index in [-0.39, 0.29) is 5.75 Å². The fourth-order valence-corrected chi connectivity index (χ4v) is 3.83. The fraction of sp³-hybridized carbons (Fsp3) is 0.462. The Hall–Kier alpha value is -1.27. The number of carbonyl (C=O) groups is 1. The van der Waals surface area contributed by atoms with Crippen molar-refractivity contribution in [3.8, 4) is 0 Å². The van der Waals surface area contributed by atoms with E-state index in [2.05, 4.69) is 0 Å². The molecule has 1 rings (SSSR count). The topological polar surface area (TPSA) is 74.7 Å². The molecule has 0 amide bonds. The second kappa shape index (κ2) is 6.01. The molecule has 0 radical (unpaired) electrons. The molecular formula is C13H18ClNO4S. The molecular weight excluding hydrogens is 302 g/mol. The lowest BCUT2D eigenvalue weighted by molar-refractivity contribution is -0.135. The van der Waals surface area contributed by atoms with Gasteiger partial charge in [-0.2, -0.15) is 0 Å². The number of rotatable bonds is 5. The maximum absolute atomic E-state index is 12.4. The molecule has 1 N–H and O–H groups in total. The minimum absolute atomic E-state index is 0.143. The lowest BCUT2D eigenvalue weighted by atomic mass is 10.0. The van der Waals surface area contributed by atoms with Gasteiger partial charge in [-0.1, -0.05) is 32.4 Å². The number of anilines is 1. The summed E-state index contributed by atoms with van der Waals surface area (Å²) in [6.07, 6.45) is 0. The second-order valence-electron chi connectivity index (χ2n) is 5.69. The van der Waals surface area contributed by atoms with Crippen molar-refractivity contribution in [1.29, 1.82) is 0 Å². The normalized spacial score (nSPS) is 12.2. The van der Waals surface area contributed by atoms with E-state index < -0.39 is 28.0 Å². The van der Waals surface area contributed by atoms with Crippen LogP contribution in [0.25, 0.3) is 0 Å². The van der Waals surface area contributed by atoms with Gasteiger partial charge in [0.05, 0.1) is 11.4 Å². The standard InChI is InChI=1S/C13H18ClNO4S/c1-13(2,3)9-20(18,19)15(8-12(16)17)11-6-4-10(14)5-7-11/h4-7H,8-9H2,1-3H3,(H,16,17). The summed E-state index contributed by atoms with van der Waals surface area (Å²) in [6, 6.07) is 6.04. The number of sulfonamides is 1. The number of hydrogen-bond donors (Lipinski definition) is 1. The van der Waals surface area contributed by atoms with Crippen molar-refractivity contribution in [1.82, 2.24) is 0 Å². The monoisotopic (exact) mass is 319 g/mol. The Labute approximate surface area is 124 Å². The number of halogens is 1. The van der Waals surface area contributed by atoms with Gasteiger partial charge in [-0.3, -0.25) is 9.10 Å². The van der Waals surface area contributed by atoms with Crippen molar-refractivity contribution >= 4 is 33.3 Å². The van der Waals surface area contributed by atoms with Gasteiger partial charge in [0.15, 0.2) is 0 Å². The average Bonchev–Trinajstić information content (AvgIpc) is 2.23. The SMILES string of the molecule is CC(C)(C)CS(=O)(=O)N(CC(=O)O)c1ccc(Cl)cc1. The summed E-state index contributed by atoms with van der Waals surface area (Å²) in [4.78, 5) is 10.9. The maximum atomic E-state index is 12.4. The fourth-order valence-electron chi connectivity index (χ4n) is 1.71. The quantitative estimate of drug-likeness (QED) is 0.905. The average molecular weight is 320 g/mol. The van der Waals surface area contributed by atoms with Crippen LogP contribution in [0, 0.1) is 5.41 Å². The highest BCUT2D eigenvalue weighted by atomic mass is 35.5. The van der Waals surface area contributed by atoms with Gasteiger partial charge in [-0.15, -0.1) is 0 Å². The van der Waals surface area contributed by atoms with Crippen molar-refractivity contribution < 1.29 is 18.3 Å². The van der Waals surface area contributed by atoms with Crippen LogP contribution < -0.4 is 4.31 Å². The van der Waals surface area contributed by atoms with Crippen molar-refractivity contribution in [2.75, 3.05) is 16.6 Å². The molecule has 0 spiro atoms. The van der Waals surface area contributed by atoms with Gasteiger partial charge in [-0.05, 0) is 29.7 Å². The molecule has 20 heavy (non-hydrogen) atoms. The summed E-state index contributed by atoms with van der Waals surface area (Å²) in [5.41, 5.74) is -0.178. The molecule has 0 atom stereocenters. The third-order valence-electron chi connectivity index (χ3n) is 2.34. The van der Waals surface area contributed by atoms with Crippen LogP contribution in [0.3, 0.4) is 0 Å². The van der Waals surface area contributed by atoms with Crippen LogP contribution in [0.1, 0.15) is 20.8 Å². The Morgan fingerprint density at radius 3 is 2.15 bits per heavy atom. The number of carboxylic acid groups (broad SMARTS) is 1. The second-order valence-corrected chi connectivity index (χ2v) is 8.02. The molecule has 0 aromatic heterocycles. The molecule has 0 aliphatic rings. The lowest BCUT2D eigenvalue weighted by Crippen LogP contribution is -2.40. The number of carboxylic acids is 1. The van der Waals surface area contributed by atoms with Crippen molar-refractivity contribution in [2.45, 2.75) is 20.8 Å². The first-order valence-corrected chi connectivity index (χ1v) is 7.98. The van der Waals surface area contributed by atoms with E-state index in [1.165, 1.54) is 24.3 Å². The molecule has 0 fully saturated rings. The maximum Gasteiger partial charge on any atom is 0.324 e. The van der Waals surface area contributed by atoms with Gasteiger partial charge < -0.3 is 5.11 Å². The van der Waals surface area contributed by atoms with Gasteiger partial charge in [0, 0.05) is 5.02 Å². The highest BCUT2D eigenvalue weighted by Crippen LogP contribution is 2.25. The van der Waals surface area contributed by atoms with Gasteiger partial charge in [0.2, 0.25) is 10.0 Å². The largest absolute Gasteiger partial charge is 0.480 e. The zero-order valence-corrected chi connectivity index (χ0v) is 13.2. The molecule has 112 valence electrons. The summed E-state index contributed by atoms with van der Waals surface area (Å²) in [7, 11) is -3.73. The predicted octanol–water partition coefficient (Wildman–Crippen LogP) is 2.61. The third kappa shape index (κ3) is 5.02. The molecule has 7 heteroatoms. The van der Waals surface area contributed by atoms with Crippen LogP contribution in [0.15, 0.2) is 24.3 Å². The third-order valence-corrected chi connectivity index (χ3v) is 4.84. The van der Waals surface area contributed by atoms with E-state index in [0.717, 1.165) is 4.31 Å². The minimum Gasteiger partial charge on any atom is -0.480 e. The smallest absolute Gasteiger partial charge is 0.324 e. The Balaban J connectivity index is 3.19. The molecule has 0 saturated carbocycles. The summed E-state index contributed by atoms with van der Waals surface area (Å²) in [5, 5.41) is 9.39. The Morgan fingerprint density at radius 2 is 1.75 bits per heavy atom. The van der Waals surface area contributed by atoms with Crippen molar-refractivity contribution in [2.24, 2.45) is 5.41 Å². The van der Waals surface area contributed by atoms with Gasteiger partial charge in [0.25, 0.3) is 0 Å². The van der Waals surface area contributed by atoms with E-state index in [1.807, 2.05) is 0 Å². The van der Waals surface area contributed by atoms with E-state index in [9.17, 15) is 13.2 Å². The first kappa shape index (κ1) is 16.8. The number of hydrogen-bond acceptors (Lipinski definition) is 3. The van der Waals surface area contributed by atoms with Crippen LogP contribution in [0.5, 0.6) is 0 Å². The molecule has 0 aliphatic heterocycles. The van der Waals surface area contributed by atoms with Crippen molar-refractivity contribution in [3.63, 3.8) is 0 Å². The first-order chi connectivity index (χ1) is 9.01. The van der Waals surface area contributed by atoms with Crippen LogP contribution in [0.2, 0.25) is 5.02 Å². The van der Waals surface area contributed by atoms with Gasteiger partial charge >= 0.3 is 5.97 Å². The molecule has 0 bridgehead atoms. The summed E-state index contributed by atoms with van der Waals surface area (Å²) < 4.78 is 25.7. The minimum atomic E-state index is -3.73. The molecule has 5 nitrogen and oxygen atoms in total. The Bertz CT molecular complexity index is 575. The van der Waals surface area contributed by atoms with E-state index in [0.29, 0.717) is 10.7 Å². The van der Waals surface area contributed by atoms with E-state index in [4.69, 9.17) is 16.7 Å². The Morgan fingerprint density at radius 1 is 1.25 bits per heavy atom. The van der Waals surface area contributed by atoms with Crippen LogP contribution in [-0.4, -0.2) is 31.8 Å². The van der Waals surface area contributed by atoms with Crippen LogP contribution in [0.4, 0.5) is 5.69 Å². The van der Waals surface area contributed by atoms with Crippen LogP contribution >= 0.6 is 11.6 Å². The summed E-state index contributed by atoms with van der Waals surface area (Å²) in [6.45, 7) is 4.74. The molecule has 0 heterocycles. The number of nitrogens with zero attached hydrogens (tertiary/aromatic N) is 1. The number of benzene rings is 1.